The zero-order valence-electron chi connectivity index (χ0n) is 16.4. The Kier molecular flexibility index (Phi) is 4.98. The molecule has 0 radical (unpaired) electrons. The Balaban J connectivity index is 1.61. The van der Waals surface area contributed by atoms with E-state index in [9.17, 15) is 4.79 Å². The van der Waals surface area contributed by atoms with Gasteiger partial charge in [-0.1, -0.05) is 17.7 Å². The minimum absolute atomic E-state index is 0.00311. The second kappa shape index (κ2) is 7.43. The predicted molar refractivity (Wildman–Crippen MR) is 111 cm³/mol. The highest BCUT2D eigenvalue weighted by Crippen LogP contribution is 2.33. The van der Waals surface area contributed by atoms with Crippen LogP contribution in [0.15, 0.2) is 36.7 Å². The van der Waals surface area contributed by atoms with E-state index in [0.717, 1.165) is 19.5 Å². The van der Waals surface area contributed by atoms with Gasteiger partial charge in [-0.3, -0.25) is 4.79 Å². The Labute approximate surface area is 169 Å². The van der Waals surface area contributed by atoms with Crippen LogP contribution in [0.1, 0.15) is 48.4 Å². The van der Waals surface area contributed by atoms with Gasteiger partial charge in [0.2, 0.25) is 0 Å². The number of nitrogens with zero attached hydrogens (tertiary/aromatic N) is 5. The monoisotopic (exact) mass is 397 g/mol. The van der Waals surface area contributed by atoms with Gasteiger partial charge in [0.1, 0.15) is 0 Å². The molecule has 1 aliphatic rings. The molecule has 0 bridgehead atoms. The van der Waals surface area contributed by atoms with Gasteiger partial charge in [0, 0.05) is 37.6 Å². The first kappa shape index (κ1) is 18.7. The number of hydrogen-bond donors (Lipinski definition) is 0. The number of carbonyl (C=O) groups is 1. The number of amides is 1. The maximum atomic E-state index is 13.1. The van der Waals surface area contributed by atoms with Crippen LogP contribution in [0.4, 0.5) is 5.69 Å². The van der Waals surface area contributed by atoms with E-state index in [0.29, 0.717) is 22.9 Å². The number of hydrogen-bond acceptors (Lipinski definition) is 4. The summed E-state index contributed by atoms with van der Waals surface area (Å²) in [5.41, 5.74) is 4.79. The molecule has 28 heavy (non-hydrogen) atoms. The molecule has 0 N–H and O–H groups in total. The van der Waals surface area contributed by atoms with Crippen molar-refractivity contribution in [2.75, 3.05) is 24.5 Å². The highest BCUT2D eigenvalue weighted by Gasteiger charge is 2.30. The van der Waals surface area contributed by atoms with Crippen LogP contribution in [0.5, 0.6) is 0 Å². The molecule has 0 saturated heterocycles. The molecular formula is C21H24ClN5O. The first-order valence-electron chi connectivity index (χ1n) is 9.71. The Bertz CT molecular complexity index is 1030. The van der Waals surface area contributed by atoms with E-state index in [1.165, 1.54) is 16.8 Å². The molecule has 7 heteroatoms. The lowest BCUT2D eigenvalue weighted by molar-refractivity contribution is 0.0671. The molecule has 1 aromatic carbocycles. The molecule has 1 amide bonds. The summed E-state index contributed by atoms with van der Waals surface area (Å²) in [6.07, 6.45) is 4.06. The van der Waals surface area contributed by atoms with E-state index in [-0.39, 0.29) is 11.9 Å². The first-order chi connectivity index (χ1) is 13.5. The van der Waals surface area contributed by atoms with Gasteiger partial charge in [-0.05, 0) is 50.5 Å². The molecule has 0 aliphatic carbocycles. The smallest absolute Gasteiger partial charge is 0.274 e. The average molecular weight is 398 g/mol. The molecule has 1 atom stereocenters. The highest BCUT2D eigenvalue weighted by atomic mass is 35.5. The van der Waals surface area contributed by atoms with E-state index in [4.69, 9.17) is 11.6 Å². The van der Waals surface area contributed by atoms with Crippen LogP contribution in [0.25, 0.3) is 5.65 Å². The summed E-state index contributed by atoms with van der Waals surface area (Å²) in [7, 11) is 0. The molecule has 146 valence electrons. The van der Waals surface area contributed by atoms with Crippen LogP contribution >= 0.6 is 11.6 Å². The third-order valence-electron chi connectivity index (χ3n) is 5.56. The lowest BCUT2D eigenvalue weighted by Crippen LogP contribution is -2.39. The van der Waals surface area contributed by atoms with Crippen molar-refractivity contribution in [2.45, 2.75) is 33.2 Å². The van der Waals surface area contributed by atoms with Crippen LogP contribution in [-0.2, 0) is 6.42 Å². The van der Waals surface area contributed by atoms with Crippen molar-refractivity contribution in [3.05, 3.63) is 58.5 Å². The summed E-state index contributed by atoms with van der Waals surface area (Å²) >= 11 is 5.97. The van der Waals surface area contributed by atoms with Crippen LogP contribution in [-0.4, -0.2) is 45.0 Å². The second-order valence-electron chi connectivity index (χ2n) is 7.08. The van der Waals surface area contributed by atoms with E-state index >= 15 is 0 Å². The van der Waals surface area contributed by atoms with Crippen molar-refractivity contribution in [3.8, 4) is 0 Å². The lowest BCUT2D eigenvalue weighted by atomic mass is 9.92. The highest BCUT2D eigenvalue weighted by molar-refractivity contribution is 6.30. The largest absolute Gasteiger partial charge is 0.372 e. The fourth-order valence-electron chi connectivity index (χ4n) is 3.99. The molecular weight excluding hydrogens is 374 g/mol. The fraction of sp³-hybridized carbons (Fsp3) is 0.381. The van der Waals surface area contributed by atoms with Crippen molar-refractivity contribution in [1.82, 2.24) is 19.5 Å². The number of halogens is 1. The first-order valence-corrected chi connectivity index (χ1v) is 10.1. The SMILES string of the molecule is CCN(CC)c1ccc2c(c1)CCN(C(=O)c1cc3ncc(Cl)cn3n1)C2C. The fourth-order valence-corrected chi connectivity index (χ4v) is 4.13. The van der Waals surface area contributed by atoms with Gasteiger partial charge in [-0.2, -0.15) is 5.10 Å². The maximum Gasteiger partial charge on any atom is 0.274 e. The predicted octanol–water partition coefficient (Wildman–Crippen LogP) is 3.99. The van der Waals surface area contributed by atoms with Crippen LogP contribution in [0.2, 0.25) is 5.02 Å². The zero-order chi connectivity index (χ0) is 19.8. The second-order valence-corrected chi connectivity index (χ2v) is 7.52. The van der Waals surface area contributed by atoms with Gasteiger partial charge in [0.05, 0.1) is 17.3 Å². The van der Waals surface area contributed by atoms with Gasteiger partial charge >= 0.3 is 0 Å². The van der Waals surface area contributed by atoms with Crippen molar-refractivity contribution < 1.29 is 4.79 Å². The van der Waals surface area contributed by atoms with E-state index in [1.54, 1.807) is 23.0 Å². The van der Waals surface area contributed by atoms with Crippen molar-refractivity contribution in [1.29, 1.82) is 0 Å². The number of aromatic nitrogens is 3. The minimum Gasteiger partial charge on any atom is -0.372 e. The summed E-state index contributed by atoms with van der Waals surface area (Å²) in [5.74, 6) is -0.0763. The molecule has 4 rings (SSSR count). The van der Waals surface area contributed by atoms with Crippen LogP contribution in [0, 0.1) is 0 Å². The Hall–Kier alpha value is -2.60. The number of benzene rings is 1. The van der Waals surface area contributed by atoms with E-state index in [2.05, 4.69) is 54.0 Å². The number of rotatable bonds is 4. The molecule has 0 fully saturated rings. The van der Waals surface area contributed by atoms with Gasteiger partial charge < -0.3 is 9.80 Å². The van der Waals surface area contributed by atoms with Gasteiger partial charge in [0.25, 0.3) is 5.91 Å². The molecule has 3 aromatic rings. The summed E-state index contributed by atoms with van der Waals surface area (Å²) in [5, 5.41) is 4.86. The summed E-state index contributed by atoms with van der Waals surface area (Å²) in [6.45, 7) is 9.07. The van der Waals surface area contributed by atoms with Gasteiger partial charge in [-0.15, -0.1) is 0 Å². The Morgan fingerprint density at radius 3 is 2.82 bits per heavy atom. The normalized spacial score (nSPS) is 16.3. The Morgan fingerprint density at radius 2 is 2.07 bits per heavy atom. The molecule has 6 nitrogen and oxygen atoms in total. The van der Waals surface area contributed by atoms with E-state index < -0.39 is 0 Å². The van der Waals surface area contributed by atoms with Gasteiger partial charge in [-0.25, -0.2) is 9.50 Å². The third kappa shape index (κ3) is 3.22. The average Bonchev–Trinajstić information content (AvgIpc) is 3.12. The Morgan fingerprint density at radius 1 is 1.29 bits per heavy atom. The molecule has 2 aromatic heterocycles. The van der Waals surface area contributed by atoms with Crippen LogP contribution in [0.3, 0.4) is 0 Å². The number of carbonyl (C=O) groups excluding carboxylic acids is 1. The molecule has 1 aliphatic heterocycles. The van der Waals surface area contributed by atoms with Crippen molar-refractivity contribution >= 4 is 28.8 Å². The number of anilines is 1. The van der Waals surface area contributed by atoms with Crippen molar-refractivity contribution in [2.24, 2.45) is 0 Å². The maximum absolute atomic E-state index is 13.1. The topological polar surface area (TPSA) is 53.7 Å². The standard InChI is InChI=1S/C21H24ClN5O/c1-4-25(5-2)17-6-7-18-14(3)26(9-8-15(18)10-17)21(28)19-11-20-23-12-16(22)13-27(20)24-19/h6-7,10-14H,4-5,8-9H2,1-3H3. The summed E-state index contributed by atoms with van der Waals surface area (Å²) in [6, 6.07) is 8.32. The quantitative estimate of drug-likeness (QED) is 0.668. The molecule has 1 unspecified atom stereocenters. The number of fused-ring (bicyclic) bond motifs is 2. The molecule has 0 saturated carbocycles. The zero-order valence-corrected chi connectivity index (χ0v) is 17.1. The molecule has 0 spiro atoms. The summed E-state index contributed by atoms with van der Waals surface area (Å²) < 4.78 is 1.55. The minimum atomic E-state index is -0.0763. The van der Waals surface area contributed by atoms with E-state index in [1.807, 2.05) is 4.90 Å². The lowest BCUT2D eigenvalue weighted by Gasteiger charge is -2.35. The van der Waals surface area contributed by atoms with Crippen molar-refractivity contribution in [3.63, 3.8) is 0 Å². The molecule has 3 heterocycles. The third-order valence-corrected chi connectivity index (χ3v) is 5.75. The van der Waals surface area contributed by atoms with Gasteiger partial charge in [0.15, 0.2) is 11.3 Å². The van der Waals surface area contributed by atoms with Crippen LogP contribution < -0.4 is 4.90 Å². The summed E-state index contributed by atoms with van der Waals surface area (Å²) in [4.78, 5) is 21.6.